The standard InChI is InChI=1S/C17H20N2S/c1-4-15-9-10-16(20-15)11-19-14-7-5-13(6-8-14)17(2,3)12-18/h5-10,19H,4,11H2,1-3H3. The van der Waals surface area contributed by atoms with Crippen LogP contribution in [-0.4, -0.2) is 0 Å². The molecular weight excluding hydrogens is 264 g/mol. The monoisotopic (exact) mass is 284 g/mol. The molecule has 1 aromatic carbocycles. The van der Waals surface area contributed by atoms with Gasteiger partial charge in [-0.1, -0.05) is 19.1 Å². The van der Waals surface area contributed by atoms with Gasteiger partial charge in [0.25, 0.3) is 0 Å². The summed E-state index contributed by atoms with van der Waals surface area (Å²) in [6, 6.07) is 14.8. The van der Waals surface area contributed by atoms with E-state index in [1.807, 2.05) is 49.4 Å². The quantitative estimate of drug-likeness (QED) is 0.862. The van der Waals surface area contributed by atoms with Crippen LogP contribution in [0.4, 0.5) is 5.69 Å². The molecule has 2 aromatic rings. The average molecular weight is 284 g/mol. The Hall–Kier alpha value is -1.79. The first kappa shape index (κ1) is 14.6. The Morgan fingerprint density at radius 3 is 2.30 bits per heavy atom. The van der Waals surface area contributed by atoms with Gasteiger partial charge in [-0.05, 0) is 50.1 Å². The van der Waals surface area contributed by atoms with E-state index >= 15 is 0 Å². The van der Waals surface area contributed by atoms with Crippen molar-refractivity contribution in [2.45, 2.75) is 39.2 Å². The number of nitriles is 1. The number of anilines is 1. The molecule has 2 nitrogen and oxygen atoms in total. The molecule has 0 amide bonds. The van der Waals surface area contributed by atoms with Crippen LogP contribution in [0.5, 0.6) is 0 Å². The fourth-order valence-electron chi connectivity index (χ4n) is 1.97. The third-order valence-electron chi connectivity index (χ3n) is 3.42. The minimum atomic E-state index is -0.428. The first-order chi connectivity index (χ1) is 9.55. The van der Waals surface area contributed by atoms with Crippen molar-refractivity contribution >= 4 is 17.0 Å². The van der Waals surface area contributed by atoms with Gasteiger partial charge in [-0.2, -0.15) is 5.26 Å². The second kappa shape index (κ2) is 6.11. The summed E-state index contributed by atoms with van der Waals surface area (Å²) < 4.78 is 0. The van der Waals surface area contributed by atoms with E-state index in [4.69, 9.17) is 5.26 Å². The van der Waals surface area contributed by atoms with Gasteiger partial charge < -0.3 is 5.32 Å². The molecule has 0 aliphatic heterocycles. The largest absolute Gasteiger partial charge is 0.380 e. The van der Waals surface area contributed by atoms with Gasteiger partial charge >= 0.3 is 0 Å². The smallest absolute Gasteiger partial charge is 0.0766 e. The molecule has 1 aromatic heterocycles. The number of thiophene rings is 1. The lowest BCUT2D eigenvalue weighted by molar-refractivity contribution is 0.687. The zero-order valence-electron chi connectivity index (χ0n) is 12.2. The van der Waals surface area contributed by atoms with Crippen LogP contribution in [0.3, 0.4) is 0 Å². The molecule has 104 valence electrons. The summed E-state index contributed by atoms with van der Waals surface area (Å²) in [4.78, 5) is 2.77. The molecule has 0 saturated carbocycles. The Balaban J connectivity index is 1.99. The Morgan fingerprint density at radius 2 is 1.75 bits per heavy atom. The zero-order valence-corrected chi connectivity index (χ0v) is 13.1. The molecular formula is C17H20N2S. The van der Waals surface area contributed by atoms with Crippen molar-refractivity contribution in [2.24, 2.45) is 0 Å². The van der Waals surface area contributed by atoms with Gasteiger partial charge in [0.2, 0.25) is 0 Å². The van der Waals surface area contributed by atoms with E-state index in [1.54, 1.807) is 0 Å². The molecule has 2 rings (SSSR count). The van der Waals surface area contributed by atoms with E-state index < -0.39 is 5.41 Å². The molecule has 0 bridgehead atoms. The first-order valence-corrected chi connectivity index (χ1v) is 7.70. The van der Waals surface area contributed by atoms with Crippen LogP contribution < -0.4 is 5.32 Å². The van der Waals surface area contributed by atoms with E-state index in [-0.39, 0.29) is 0 Å². The molecule has 1 heterocycles. The third kappa shape index (κ3) is 3.40. The van der Waals surface area contributed by atoms with E-state index in [0.717, 1.165) is 24.2 Å². The number of nitrogens with zero attached hydrogens (tertiary/aromatic N) is 1. The van der Waals surface area contributed by atoms with Gasteiger partial charge in [-0.15, -0.1) is 11.3 Å². The summed E-state index contributed by atoms with van der Waals surface area (Å²) in [7, 11) is 0. The minimum absolute atomic E-state index is 0.428. The number of hydrogen-bond donors (Lipinski definition) is 1. The normalized spacial score (nSPS) is 11.1. The van der Waals surface area contributed by atoms with Gasteiger partial charge in [0.1, 0.15) is 0 Å². The lowest BCUT2D eigenvalue weighted by Crippen LogP contribution is -2.13. The maximum Gasteiger partial charge on any atom is 0.0766 e. The van der Waals surface area contributed by atoms with Crippen LogP contribution >= 0.6 is 11.3 Å². The molecule has 0 aliphatic rings. The van der Waals surface area contributed by atoms with Gasteiger partial charge in [-0.25, -0.2) is 0 Å². The fraction of sp³-hybridized carbons (Fsp3) is 0.353. The van der Waals surface area contributed by atoms with Crippen molar-refractivity contribution < 1.29 is 0 Å². The van der Waals surface area contributed by atoms with Crippen molar-refractivity contribution in [1.82, 2.24) is 0 Å². The SMILES string of the molecule is CCc1ccc(CNc2ccc(C(C)(C)C#N)cc2)s1. The van der Waals surface area contributed by atoms with Gasteiger partial charge in [0.05, 0.1) is 11.5 Å². The molecule has 1 N–H and O–H groups in total. The van der Waals surface area contributed by atoms with Gasteiger partial charge in [0.15, 0.2) is 0 Å². The maximum absolute atomic E-state index is 9.13. The maximum atomic E-state index is 9.13. The van der Waals surface area contributed by atoms with E-state index in [0.29, 0.717) is 0 Å². The van der Waals surface area contributed by atoms with Crippen LogP contribution in [0.2, 0.25) is 0 Å². The Morgan fingerprint density at radius 1 is 1.10 bits per heavy atom. The molecule has 0 atom stereocenters. The number of aryl methyl sites for hydroxylation is 1. The third-order valence-corrected chi connectivity index (χ3v) is 4.65. The van der Waals surface area contributed by atoms with Crippen LogP contribution in [0, 0.1) is 11.3 Å². The molecule has 0 saturated heterocycles. The number of nitrogens with one attached hydrogen (secondary N) is 1. The predicted molar refractivity (Wildman–Crippen MR) is 86.1 cm³/mol. The topological polar surface area (TPSA) is 35.8 Å². The minimum Gasteiger partial charge on any atom is -0.380 e. The molecule has 20 heavy (non-hydrogen) atoms. The number of benzene rings is 1. The van der Waals surface area contributed by atoms with Gasteiger partial charge in [0, 0.05) is 22.0 Å². The highest BCUT2D eigenvalue weighted by Crippen LogP contribution is 2.24. The van der Waals surface area contributed by atoms with E-state index in [1.165, 1.54) is 9.75 Å². The second-order valence-electron chi connectivity index (χ2n) is 5.39. The highest BCUT2D eigenvalue weighted by Gasteiger charge is 2.18. The van der Waals surface area contributed by atoms with Crippen LogP contribution in [-0.2, 0) is 18.4 Å². The average Bonchev–Trinajstić information content (AvgIpc) is 2.93. The zero-order chi connectivity index (χ0) is 14.6. The Kier molecular flexibility index (Phi) is 4.46. The second-order valence-corrected chi connectivity index (χ2v) is 6.64. The summed E-state index contributed by atoms with van der Waals surface area (Å²) >= 11 is 1.86. The lowest BCUT2D eigenvalue weighted by Gasteiger charge is -2.16. The lowest BCUT2D eigenvalue weighted by atomic mass is 9.86. The highest BCUT2D eigenvalue weighted by atomic mass is 32.1. The Bertz CT molecular complexity index is 603. The van der Waals surface area contributed by atoms with Gasteiger partial charge in [-0.3, -0.25) is 0 Å². The molecule has 3 heteroatoms. The van der Waals surface area contributed by atoms with Crippen LogP contribution in [0.1, 0.15) is 36.1 Å². The van der Waals surface area contributed by atoms with E-state index in [2.05, 4.69) is 30.4 Å². The van der Waals surface area contributed by atoms with Crippen LogP contribution in [0.15, 0.2) is 36.4 Å². The highest BCUT2D eigenvalue weighted by molar-refractivity contribution is 7.12. The van der Waals surface area contributed by atoms with E-state index in [9.17, 15) is 0 Å². The van der Waals surface area contributed by atoms with Crippen molar-refractivity contribution in [3.8, 4) is 6.07 Å². The molecule has 0 unspecified atom stereocenters. The number of hydrogen-bond acceptors (Lipinski definition) is 3. The summed E-state index contributed by atoms with van der Waals surface area (Å²) in [5, 5.41) is 12.6. The fourth-order valence-corrected chi connectivity index (χ4v) is 2.86. The number of rotatable bonds is 5. The molecule has 0 aliphatic carbocycles. The summed E-state index contributed by atoms with van der Waals surface area (Å²) in [5.74, 6) is 0. The van der Waals surface area contributed by atoms with Crippen molar-refractivity contribution in [3.05, 3.63) is 51.7 Å². The molecule has 0 spiro atoms. The van der Waals surface area contributed by atoms with Crippen LogP contribution in [0.25, 0.3) is 0 Å². The summed E-state index contributed by atoms with van der Waals surface area (Å²) in [6.07, 6.45) is 1.10. The summed E-state index contributed by atoms with van der Waals surface area (Å²) in [5.41, 5.74) is 1.71. The Labute approximate surface area is 125 Å². The first-order valence-electron chi connectivity index (χ1n) is 6.88. The summed E-state index contributed by atoms with van der Waals surface area (Å²) in [6.45, 7) is 6.91. The predicted octanol–water partition coefficient (Wildman–Crippen LogP) is 4.72. The van der Waals surface area contributed by atoms with Crippen molar-refractivity contribution in [2.75, 3.05) is 5.32 Å². The van der Waals surface area contributed by atoms with Crippen molar-refractivity contribution in [1.29, 1.82) is 5.26 Å². The molecule has 0 radical (unpaired) electrons. The van der Waals surface area contributed by atoms with Crippen molar-refractivity contribution in [3.63, 3.8) is 0 Å². The molecule has 0 fully saturated rings.